The molecule has 9 heteroatoms. The fourth-order valence-electron chi connectivity index (χ4n) is 4.55. The molecule has 4 aromatic rings. The average molecular weight is 532 g/mol. The first kappa shape index (κ1) is 25.7. The molecule has 0 fully saturated rings. The van der Waals surface area contributed by atoms with E-state index in [0.29, 0.717) is 27.5 Å². The van der Waals surface area contributed by atoms with E-state index in [1.54, 1.807) is 25.1 Å². The lowest BCUT2D eigenvalue weighted by atomic mass is 9.95. The molecule has 5 rings (SSSR count). The van der Waals surface area contributed by atoms with E-state index in [9.17, 15) is 14.4 Å². The maximum absolute atomic E-state index is 13.0. The summed E-state index contributed by atoms with van der Waals surface area (Å²) in [6.07, 6.45) is 2.61. The average Bonchev–Trinajstić information content (AvgIpc) is 3.49. The number of nitrogens with zero attached hydrogens (tertiary/aromatic N) is 1. The number of carbonyl (C=O) groups excluding carboxylic acids is 3. The van der Waals surface area contributed by atoms with Gasteiger partial charge in [0.05, 0.1) is 28.8 Å². The molecular formula is C29H29N3O5S. The zero-order valence-corrected chi connectivity index (χ0v) is 22.4. The van der Waals surface area contributed by atoms with Crippen LogP contribution in [0, 0.1) is 6.92 Å². The van der Waals surface area contributed by atoms with Crippen LogP contribution in [-0.2, 0) is 27.1 Å². The van der Waals surface area contributed by atoms with E-state index < -0.39 is 23.9 Å². The summed E-state index contributed by atoms with van der Waals surface area (Å²) < 4.78 is 10.7. The zero-order chi connectivity index (χ0) is 26.8. The Balaban J connectivity index is 1.30. The van der Waals surface area contributed by atoms with Gasteiger partial charge in [0.15, 0.2) is 6.10 Å². The van der Waals surface area contributed by atoms with Gasteiger partial charge in [0.25, 0.3) is 5.91 Å². The molecule has 2 heterocycles. The molecule has 2 N–H and O–H groups in total. The number of aryl methyl sites for hydroxylation is 2. The number of H-pyrrole nitrogens is 1. The number of hydrogen-bond donors (Lipinski definition) is 2. The van der Waals surface area contributed by atoms with Crippen molar-refractivity contribution in [3.8, 4) is 11.4 Å². The smallest absolute Gasteiger partial charge is 0.341 e. The number of amides is 1. The van der Waals surface area contributed by atoms with Crippen LogP contribution in [0.3, 0.4) is 0 Å². The molecule has 0 saturated heterocycles. The minimum atomic E-state index is -1.07. The molecule has 1 aliphatic rings. The van der Waals surface area contributed by atoms with Gasteiger partial charge in [-0.15, -0.1) is 11.3 Å². The zero-order valence-electron chi connectivity index (χ0n) is 21.6. The van der Waals surface area contributed by atoms with Crippen LogP contribution in [0.15, 0.2) is 42.5 Å². The van der Waals surface area contributed by atoms with E-state index in [1.165, 1.54) is 18.3 Å². The van der Waals surface area contributed by atoms with Crippen LogP contribution >= 0.6 is 11.3 Å². The number of nitrogens with one attached hydrogen (secondary N) is 2. The van der Waals surface area contributed by atoms with Crippen LogP contribution in [0.4, 0.5) is 5.00 Å². The van der Waals surface area contributed by atoms with E-state index >= 15 is 0 Å². The predicted octanol–water partition coefficient (Wildman–Crippen LogP) is 5.84. The SMILES string of the molecule is CCOC(=O)c1c(NC(=O)C(C)OC(=O)c2ccc3nc(-c4ccc(C)cc4)[nH]c3c2)sc2c1CCCC2. The number of aromatic nitrogens is 2. The van der Waals surface area contributed by atoms with Crippen LogP contribution in [0.1, 0.15) is 63.4 Å². The maximum atomic E-state index is 13.0. The molecule has 196 valence electrons. The number of aromatic amines is 1. The van der Waals surface area contributed by atoms with Crippen LogP contribution in [0.5, 0.6) is 0 Å². The maximum Gasteiger partial charge on any atom is 0.341 e. The number of benzene rings is 2. The first-order chi connectivity index (χ1) is 18.3. The number of fused-ring (bicyclic) bond motifs is 2. The number of hydrogen-bond acceptors (Lipinski definition) is 7. The van der Waals surface area contributed by atoms with Crippen molar-refractivity contribution in [1.82, 2.24) is 9.97 Å². The normalized spacial score (nSPS) is 13.6. The monoisotopic (exact) mass is 531 g/mol. The van der Waals surface area contributed by atoms with Crippen LogP contribution in [0.2, 0.25) is 0 Å². The van der Waals surface area contributed by atoms with Gasteiger partial charge in [-0.25, -0.2) is 14.6 Å². The number of rotatable bonds is 7. The summed E-state index contributed by atoms with van der Waals surface area (Å²) in [5, 5.41) is 3.25. The first-order valence-electron chi connectivity index (χ1n) is 12.7. The minimum absolute atomic E-state index is 0.248. The second kappa shape index (κ2) is 10.8. The third-order valence-electron chi connectivity index (χ3n) is 6.58. The van der Waals surface area contributed by atoms with Gasteiger partial charge in [-0.05, 0) is 70.2 Å². The predicted molar refractivity (Wildman–Crippen MR) is 147 cm³/mol. The molecule has 0 bridgehead atoms. The highest BCUT2D eigenvalue weighted by atomic mass is 32.1. The first-order valence-corrected chi connectivity index (χ1v) is 13.6. The minimum Gasteiger partial charge on any atom is -0.462 e. The molecule has 1 amide bonds. The van der Waals surface area contributed by atoms with Gasteiger partial charge < -0.3 is 19.8 Å². The molecular weight excluding hydrogens is 502 g/mol. The van der Waals surface area contributed by atoms with Gasteiger partial charge in [0.1, 0.15) is 10.8 Å². The fraction of sp³-hybridized carbons (Fsp3) is 0.310. The molecule has 0 aliphatic heterocycles. The second-order valence-corrected chi connectivity index (χ2v) is 10.5. The standard InChI is InChI=1S/C29H29N3O5S/c1-4-36-29(35)24-20-7-5-6-8-23(20)38-27(24)32-26(33)17(3)37-28(34)19-13-14-21-22(15-19)31-25(30-21)18-11-9-16(2)10-12-18/h9-15,17H,4-8H2,1-3H3,(H,30,31)(H,32,33). The van der Waals surface area contributed by atoms with Crippen molar-refractivity contribution in [2.24, 2.45) is 0 Å². The molecule has 1 atom stereocenters. The van der Waals surface area contributed by atoms with Gasteiger partial charge >= 0.3 is 11.9 Å². The Hall–Kier alpha value is -3.98. The van der Waals surface area contributed by atoms with Gasteiger partial charge in [0.2, 0.25) is 0 Å². The van der Waals surface area contributed by atoms with Crippen molar-refractivity contribution < 1.29 is 23.9 Å². The number of anilines is 1. The number of carbonyl (C=O) groups is 3. The topological polar surface area (TPSA) is 110 Å². The molecule has 0 radical (unpaired) electrons. The summed E-state index contributed by atoms with van der Waals surface area (Å²) in [6.45, 7) is 5.53. The van der Waals surface area contributed by atoms with Crippen LogP contribution in [-0.4, -0.2) is 40.5 Å². The van der Waals surface area contributed by atoms with Crippen molar-refractivity contribution >= 4 is 45.2 Å². The summed E-state index contributed by atoms with van der Waals surface area (Å²) in [4.78, 5) is 47.5. The third-order valence-corrected chi connectivity index (χ3v) is 7.79. The quantitative estimate of drug-likeness (QED) is 0.290. The number of imidazole rings is 1. The second-order valence-electron chi connectivity index (χ2n) is 9.36. The highest BCUT2D eigenvalue weighted by Crippen LogP contribution is 2.38. The number of esters is 2. The van der Waals surface area contributed by atoms with Crippen molar-refractivity contribution in [2.75, 3.05) is 11.9 Å². The number of thiophene rings is 1. The summed E-state index contributed by atoms with van der Waals surface area (Å²) in [6, 6.07) is 13.0. The lowest BCUT2D eigenvalue weighted by Crippen LogP contribution is -2.30. The van der Waals surface area contributed by atoms with E-state index in [4.69, 9.17) is 9.47 Å². The largest absolute Gasteiger partial charge is 0.462 e. The van der Waals surface area contributed by atoms with Crippen molar-refractivity contribution in [1.29, 1.82) is 0 Å². The van der Waals surface area contributed by atoms with E-state index in [-0.39, 0.29) is 6.61 Å². The lowest BCUT2D eigenvalue weighted by Gasteiger charge is -2.14. The molecule has 38 heavy (non-hydrogen) atoms. The Kier molecular flexibility index (Phi) is 7.28. The lowest BCUT2D eigenvalue weighted by molar-refractivity contribution is -0.123. The van der Waals surface area contributed by atoms with Gasteiger partial charge in [-0.1, -0.05) is 29.8 Å². The van der Waals surface area contributed by atoms with Crippen molar-refractivity contribution in [3.63, 3.8) is 0 Å². The van der Waals surface area contributed by atoms with E-state index in [1.807, 2.05) is 31.2 Å². The Morgan fingerprint density at radius 1 is 1.08 bits per heavy atom. The van der Waals surface area contributed by atoms with Gasteiger partial charge in [-0.3, -0.25) is 4.79 Å². The van der Waals surface area contributed by atoms with Crippen LogP contribution in [0.25, 0.3) is 22.4 Å². The van der Waals surface area contributed by atoms with Crippen LogP contribution < -0.4 is 5.32 Å². The van der Waals surface area contributed by atoms with E-state index in [2.05, 4.69) is 15.3 Å². The molecule has 1 aliphatic carbocycles. The van der Waals surface area contributed by atoms with Gasteiger partial charge in [-0.2, -0.15) is 0 Å². The van der Waals surface area contributed by atoms with E-state index in [0.717, 1.165) is 52.8 Å². The highest BCUT2D eigenvalue weighted by molar-refractivity contribution is 7.17. The Morgan fingerprint density at radius 2 is 1.84 bits per heavy atom. The molecule has 0 saturated carbocycles. The summed E-state index contributed by atoms with van der Waals surface area (Å²) in [5.74, 6) is -0.872. The Bertz CT molecular complexity index is 1520. The summed E-state index contributed by atoms with van der Waals surface area (Å²) in [7, 11) is 0. The highest BCUT2D eigenvalue weighted by Gasteiger charge is 2.29. The molecule has 2 aromatic carbocycles. The summed E-state index contributed by atoms with van der Waals surface area (Å²) in [5.41, 5.74) is 5.19. The van der Waals surface area contributed by atoms with Gasteiger partial charge in [0, 0.05) is 10.4 Å². The molecule has 2 aromatic heterocycles. The number of ether oxygens (including phenoxy) is 2. The molecule has 1 unspecified atom stereocenters. The van der Waals surface area contributed by atoms with Crippen molar-refractivity contribution in [3.05, 3.63) is 69.6 Å². The molecule has 0 spiro atoms. The fourth-order valence-corrected chi connectivity index (χ4v) is 5.83. The summed E-state index contributed by atoms with van der Waals surface area (Å²) >= 11 is 1.40. The third kappa shape index (κ3) is 5.19. The van der Waals surface area contributed by atoms with Crippen molar-refractivity contribution in [2.45, 2.75) is 52.6 Å². The molecule has 8 nitrogen and oxygen atoms in total. The Morgan fingerprint density at radius 3 is 2.61 bits per heavy atom. The Labute approximate surface area is 224 Å².